The Morgan fingerprint density at radius 2 is 2.15 bits per heavy atom. The van der Waals surface area contributed by atoms with Gasteiger partial charge < -0.3 is 10.1 Å². The predicted octanol–water partition coefficient (Wildman–Crippen LogP) is 2.48. The molecular formula is C14H12FNO3S. The lowest BCUT2D eigenvalue weighted by Gasteiger charge is -2.03. The monoisotopic (exact) mass is 293 g/mol. The second kappa shape index (κ2) is 5.20. The van der Waals surface area contributed by atoms with Crippen molar-refractivity contribution in [2.45, 2.75) is 18.9 Å². The average molecular weight is 293 g/mol. The fourth-order valence-corrected chi connectivity index (χ4v) is 2.75. The van der Waals surface area contributed by atoms with E-state index in [1.54, 1.807) is 12.1 Å². The third-order valence-electron chi connectivity index (χ3n) is 2.96. The van der Waals surface area contributed by atoms with Crippen LogP contribution in [-0.2, 0) is 9.53 Å². The van der Waals surface area contributed by atoms with Crippen molar-refractivity contribution in [1.82, 2.24) is 5.32 Å². The number of benzene rings is 1. The number of carbonyl (C=O) groups excluding carboxylic acids is 2. The Bertz CT molecular complexity index is 678. The van der Waals surface area contributed by atoms with Crippen molar-refractivity contribution >= 4 is 33.3 Å². The van der Waals surface area contributed by atoms with E-state index in [1.807, 2.05) is 0 Å². The molecule has 1 heterocycles. The number of rotatable bonds is 4. The summed E-state index contributed by atoms with van der Waals surface area (Å²) < 4.78 is 18.8. The molecule has 1 aromatic carbocycles. The third-order valence-corrected chi connectivity index (χ3v) is 4.05. The predicted molar refractivity (Wildman–Crippen MR) is 73.2 cm³/mol. The molecule has 0 bridgehead atoms. The molecule has 1 amide bonds. The van der Waals surface area contributed by atoms with Crippen LogP contribution >= 0.6 is 11.3 Å². The van der Waals surface area contributed by atoms with Crippen LogP contribution in [0.3, 0.4) is 0 Å². The SMILES string of the molecule is O=C(COC(=O)c1cc2cc(F)ccc2s1)NC1CC1. The van der Waals surface area contributed by atoms with Gasteiger partial charge in [-0.3, -0.25) is 4.79 Å². The minimum absolute atomic E-state index is 0.244. The maximum Gasteiger partial charge on any atom is 0.348 e. The maximum atomic E-state index is 13.1. The van der Waals surface area contributed by atoms with E-state index in [4.69, 9.17) is 4.74 Å². The van der Waals surface area contributed by atoms with Crippen molar-refractivity contribution in [3.63, 3.8) is 0 Å². The number of hydrogen-bond acceptors (Lipinski definition) is 4. The molecule has 6 heteroatoms. The van der Waals surface area contributed by atoms with E-state index in [9.17, 15) is 14.0 Å². The van der Waals surface area contributed by atoms with Crippen molar-refractivity contribution in [2.75, 3.05) is 6.61 Å². The molecule has 3 rings (SSSR count). The Hall–Kier alpha value is -1.95. The van der Waals surface area contributed by atoms with E-state index < -0.39 is 5.97 Å². The molecule has 1 aromatic heterocycles. The summed E-state index contributed by atoms with van der Waals surface area (Å²) >= 11 is 1.22. The Morgan fingerprint density at radius 1 is 1.35 bits per heavy atom. The lowest BCUT2D eigenvalue weighted by molar-refractivity contribution is -0.124. The zero-order chi connectivity index (χ0) is 14.1. The molecule has 104 valence electrons. The van der Waals surface area contributed by atoms with E-state index in [2.05, 4.69) is 5.32 Å². The van der Waals surface area contributed by atoms with Crippen LogP contribution in [0.25, 0.3) is 10.1 Å². The van der Waals surface area contributed by atoms with Gasteiger partial charge in [-0.05, 0) is 42.5 Å². The highest BCUT2D eigenvalue weighted by molar-refractivity contribution is 7.20. The molecule has 0 spiro atoms. The molecule has 2 aromatic rings. The highest BCUT2D eigenvalue weighted by Gasteiger charge is 2.23. The topological polar surface area (TPSA) is 55.4 Å². The molecule has 0 aliphatic heterocycles. The van der Waals surface area contributed by atoms with Gasteiger partial charge in [-0.15, -0.1) is 11.3 Å². The van der Waals surface area contributed by atoms with Gasteiger partial charge in [0.05, 0.1) is 0 Å². The molecule has 20 heavy (non-hydrogen) atoms. The van der Waals surface area contributed by atoms with Crippen LogP contribution in [0.15, 0.2) is 24.3 Å². The van der Waals surface area contributed by atoms with Crippen molar-refractivity contribution in [3.8, 4) is 0 Å². The molecular weight excluding hydrogens is 281 g/mol. The average Bonchev–Trinajstić information content (AvgIpc) is 3.12. The molecule has 0 saturated heterocycles. The summed E-state index contributed by atoms with van der Waals surface area (Å²) in [5, 5.41) is 3.39. The number of carbonyl (C=O) groups is 2. The number of halogens is 1. The number of nitrogens with one attached hydrogen (secondary N) is 1. The van der Waals surface area contributed by atoms with Crippen LogP contribution in [0.2, 0.25) is 0 Å². The molecule has 0 unspecified atom stereocenters. The largest absolute Gasteiger partial charge is 0.451 e. The lowest BCUT2D eigenvalue weighted by atomic mass is 10.2. The van der Waals surface area contributed by atoms with Crippen LogP contribution < -0.4 is 5.32 Å². The Morgan fingerprint density at radius 3 is 2.90 bits per heavy atom. The van der Waals surface area contributed by atoms with Gasteiger partial charge in [0.15, 0.2) is 6.61 Å². The second-order valence-electron chi connectivity index (χ2n) is 4.71. The van der Waals surface area contributed by atoms with Crippen LogP contribution in [-0.4, -0.2) is 24.5 Å². The van der Waals surface area contributed by atoms with E-state index in [-0.39, 0.29) is 24.4 Å². The quantitative estimate of drug-likeness (QED) is 0.881. The van der Waals surface area contributed by atoms with Gasteiger partial charge in [-0.2, -0.15) is 0 Å². The summed E-state index contributed by atoms with van der Waals surface area (Å²) in [6, 6.07) is 6.14. The van der Waals surface area contributed by atoms with Gasteiger partial charge in [0.25, 0.3) is 5.91 Å². The summed E-state index contributed by atoms with van der Waals surface area (Å²) in [6.07, 6.45) is 1.98. The van der Waals surface area contributed by atoms with Gasteiger partial charge in [-0.25, -0.2) is 9.18 Å². The smallest absolute Gasteiger partial charge is 0.348 e. The summed E-state index contributed by atoms with van der Waals surface area (Å²) in [4.78, 5) is 23.6. The highest BCUT2D eigenvalue weighted by atomic mass is 32.1. The molecule has 0 atom stereocenters. The zero-order valence-electron chi connectivity index (χ0n) is 10.5. The van der Waals surface area contributed by atoms with Gasteiger partial charge in [0.1, 0.15) is 10.7 Å². The molecule has 4 nitrogen and oxygen atoms in total. The molecule has 1 saturated carbocycles. The van der Waals surface area contributed by atoms with Gasteiger partial charge >= 0.3 is 5.97 Å². The first-order chi connectivity index (χ1) is 9.61. The maximum absolute atomic E-state index is 13.1. The first-order valence-electron chi connectivity index (χ1n) is 6.27. The van der Waals surface area contributed by atoms with Crippen LogP contribution in [0, 0.1) is 5.82 Å². The van der Waals surface area contributed by atoms with E-state index in [0.717, 1.165) is 17.5 Å². The normalized spacial score (nSPS) is 14.2. The first kappa shape index (κ1) is 13.1. The molecule has 1 aliphatic carbocycles. The van der Waals surface area contributed by atoms with Crippen LogP contribution in [0.1, 0.15) is 22.5 Å². The van der Waals surface area contributed by atoms with Gasteiger partial charge in [0.2, 0.25) is 0 Å². The number of amides is 1. The van der Waals surface area contributed by atoms with Gasteiger partial charge in [-0.1, -0.05) is 0 Å². The Balaban J connectivity index is 1.64. The standard InChI is InChI=1S/C14H12FNO3S/c15-9-1-4-11-8(5-9)6-12(20-11)14(18)19-7-13(17)16-10-2-3-10/h1,4-6,10H,2-3,7H2,(H,16,17). The van der Waals surface area contributed by atoms with E-state index >= 15 is 0 Å². The van der Waals surface area contributed by atoms with Crippen molar-refractivity contribution in [2.24, 2.45) is 0 Å². The van der Waals surface area contributed by atoms with Crippen molar-refractivity contribution in [1.29, 1.82) is 0 Å². The van der Waals surface area contributed by atoms with Gasteiger partial charge in [0, 0.05) is 10.7 Å². The Kier molecular flexibility index (Phi) is 3.40. The zero-order valence-corrected chi connectivity index (χ0v) is 11.3. The minimum Gasteiger partial charge on any atom is -0.451 e. The van der Waals surface area contributed by atoms with Crippen LogP contribution in [0.5, 0.6) is 0 Å². The van der Waals surface area contributed by atoms with Crippen molar-refractivity contribution < 1.29 is 18.7 Å². The number of fused-ring (bicyclic) bond motifs is 1. The fraction of sp³-hybridized carbons (Fsp3) is 0.286. The number of esters is 1. The summed E-state index contributed by atoms with van der Waals surface area (Å²) in [6.45, 7) is -0.280. The lowest BCUT2D eigenvalue weighted by Crippen LogP contribution is -2.30. The summed E-state index contributed by atoms with van der Waals surface area (Å²) in [5.74, 6) is -1.19. The first-order valence-corrected chi connectivity index (χ1v) is 7.09. The molecule has 0 radical (unpaired) electrons. The molecule has 1 aliphatic rings. The van der Waals surface area contributed by atoms with E-state index in [0.29, 0.717) is 10.3 Å². The van der Waals surface area contributed by atoms with Crippen LogP contribution in [0.4, 0.5) is 4.39 Å². The van der Waals surface area contributed by atoms with Crippen molar-refractivity contribution in [3.05, 3.63) is 35.0 Å². The summed E-state index contributed by atoms with van der Waals surface area (Å²) in [7, 11) is 0. The molecule has 1 N–H and O–H groups in total. The minimum atomic E-state index is -0.558. The Labute approximate surface area is 118 Å². The highest BCUT2D eigenvalue weighted by Crippen LogP contribution is 2.26. The molecule has 1 fully saturated rings. The fourth-order valence-electron chi connectivity index (χ4n) is 1.81. The third kappa shape index (κ3) is 2.96. The van der Waals surface area contributed by atoms with E-state index in [1.165, 1.54) is 23.5 Å². The number of thiophene rings is 1. The second-order valence-corrected chi connectivity index (χ2v) is 5.79. The number of ether oxygens (including phenoxy) is 1. The summed E-state index contributed by atoms with van der Waals surface area (Å²) in [5.41, 5.74) is 0. The number of hydrogen-bond donors (Lipinski definition) is 1.